The molecule has 0 saturated carbocycles. The molecule has 22 heavy (non-hydrogen) atoms. The number of hydrogen-bond donors (Lipinski definition) is 0. The number of aryl methyl sites for hydroxylation is 1. The second-order valence-electron chi connectivity index (χ2n) is 4.78. The predicted molar refractivity (Wildman–Crippen MR) is 98.0 cm³/mol. The van der Waals surface area contributed by atoms with E-state index in [0.29, 0.717) is 0 Å². The van der Waals surface area contributed by atoms with Gasteiger partial charge in [-0.25, -0.2) is 3.96 Å². The summed E-state index contributed by atoms with van der Waals surface area (Å²) in [5.41, 5.74) is 3.47. The topological polar surface area (TPSA) is 30.2 Å². The van der Waals surface area contributed by atoms with E-state index in [0.717, 1.165) is 28.4 Å². The first-order valence-electron chi connectivity index (χ1n) is 7.01. The third-order valence-electron chi connectivity index (χ3n) is 3.13. The van der Waals surface area contributed by atoms with Crippen LogP contribution in [0.15, 0.2) is 59.6 Å². The van der Waals surface area contributed by atoms with Gasteiger partial charge in [-0.1, -0.05) is 42.5 Å². The van der Waals surface area contributed by atoms with Gasteiger partial charge in [0.25, 0.3) is 0 Å². The van der Waals surface area contributed by atoms with Gasteiger partial charge >= 0.3 is 0 Å². The van der Waals surface area contributed by atoms with Crippen molar-refractivity contribution in [3.8, 4) is 17.1 Å². The van der Waals surface area contributed by atoms with Gasteiger partial charge in [0.1, 0.15) is 0 Å². The predicted octanol–water partition coefficient (Wildman–Crippen LogP) is 4.41. The largest absolute Gasteiger partial charge is 0.256 e. The summed E-state index contributed by atoms with van der Waals surface area (Å²) in [7, 11) is 0. The summed E-state index contributed by atoms with van der Waals surface area (Å²) >= 11 is 1.58. The fraction of sp³-hybridized carbons (Fsp3) is 0.176. The molecule has 3 nitrogen and oxygen atoms in total. The Labute approximate surface area is 144 Å². The molecular weight excluding hydrogens is 358 g/mol. The summed E-state index contributed by atoms with van der Waals surface area (Å²) < 4.78 is 2.15. The highest BCUT2D eigenvalue weighted by atomic mass is 79.9. The van der Waals surface area contributed by atoms with E-state index in [1.165, 1.54) is 5.56 Å². The standard InChI is InChI=1S/C17H17N3S.BrH/c1-3-18-17-19-16(14-9-5-4-6-10-14)20(21-17)15-11-7-8-13(2)12-15;/h4-12H,3H2,1-2H3;1H. The molecule has 114 valence electrons. The summed E-state index contributed by atoms with van der Waals surface area (Å²) in [5.74, 6) is 0.943. The highest BCUT2D eigenvalue weighted by Gasteiger charge is 2.10. The van der Waals surface area contributed by atoms with E-state index in [1.807, 2.05) is 25.1 Å². The number of hydrogen-bond acceptors (Lipinski definition) is 3. The minimum Gasteiger partial charge on any atom is -0.256 e. The lowest BCUT2D eigenvalue weighted by Gasteiger charge is -2.06. The highest BCUT2D eigenvalue weighted by Crippen LogP contribution is 2.22. The number of benzene rings is 2. The normalized spacial score (nSPS) is 11.3. The van der Waals surface area contributed by atoms with Gasteiger partial charge in [0.15, 0.2) is 5.82 Å². The molecule has 0 aliphatic heterocycles. The third kappa shape index (κ3) is 3.54. The summed E-state index contributed by atoms with van der Waals surface area (Å²) in [6, 6.07) is 18.7. The average molecular weight is 376 g/mol. The lowest BCUT2D eigenvalue weighted by molar-refractivity contribution is 1.03. The lowest BCUT2D eigenvalue weighted by Crippen LogP contribution is -1.98. The molecule has 0 bridgehead atoms. The maximum atomic E-state index is 4.69. The first kappa shape index (κ1) is 16.6. The van der Waals surface area contributed by atoms with Crippen LogP contribution in [0.1, 0.15) is 12.5 Å². The van der Waals surface area contributed by atoms with E-state index >= 15 is 0 Å². The zero-order chi connectivity index (χ0) is 14.7. The van der Waals surface area contributed by atoms with Crippen molar-refractivity contribution in [3.63, 3.8) is 0 Å². The highest BCUT2D eigenvalue weighted by molar-refractivity contribution is 8.93. The van der Waals surface area contributed by atoms with Crippen LogP contribution < -0.4 is 4.80 Å². The Bertz CT molecular complexity index is 806. The first-order chi connectivity index (χ1) is 10.3. The molecule has 5 heteroatoms. The Morgan fingerprint density at radius 3 is 2.55 bits per heavy atom. The van der Waals surface area contributed by atoms with Gasteiger partial charge in [-0.3, -0.25) is 4.99 Å². The zero-order valence-corrected chi connectivity index (χ0v) is 15.1. The molecule has 0 N–H and O–H groups in total. The van der Waals surface area contributed by atoms with E-state index in [-0.39, 0.29) is 17.0 Å². The molecule has 0 radical (unpaired) electrons. The van der Waals surface area contributed by atoms with E-state index < -0.39 is 0 Å². The van der Waals surface area contributed by atoms with Crippen molar-refractivity contribution >= 4 is 28.5 Å². The molecular formula is C17H18BrN3S. The molecule has 0 saturated heterocycles. The number of aromatic nitrogens is 2. The molecule has 0 spiro atoms. The van der Waals surface area contributed by atoms with Crippen molar-refractivity contribution in [3.05, 3.63) is 65.0 Å². The van der Waals surface area contributed by atoms with Crippen molar-refractivity contribution in [1.82, 2.24) is 8.94 Å². The smallest absolute Gasteiger partial charge is 0.223 e. The SMILES string of the molecule is Br.CCN=c1nc(-c2ccccc2)n(-c2cccc(C)c2)s1. The number of nitrogens with zero attached hydrogens (tertiary/aromatic N) is 3. The lowest BCUT2D eigenvalue weighted by atomic mass is 10.2. The molecule has 0 aliphatic rings. The van der Waals surface area contributed by atoms with Crippen LogP contribution in [0.5, 0.6) is 0 Å². The molecule has 0 unspecified atom stereocenters. The summed E-state index contributed by atoms with van der Waals surface area (Å²) in [6.07, 6.45) is 0. The van der Waals surface area contributed by atoms with E-state index in [9.17, 15) is 0 Å². The molecule has 0 amide bonds. The van der Waals surface area contributed by atoms with Gasteiger partial charge in [-0.2, -0.15) is 4.98 Å². The van der Waals surface area contributed by atoms with Crippen molar-refractivity contribution < 1.29 is 0 Å². The van der Waals surface area contributed by atoms with Gasteiger partial charge in [-0.05, 0) is 43.1 Å². The van der Waals surface area contributed by atoms with Gasteiger partial charge in [0.2, 0.25) is 4.80 Å². The van der Waals surface area contributed by atoms with Crippen molar-refractivity contribution in [2.75, 3.05) is 6.54 Å². The van der Waals surface area contributed by atoms with E-state index in [2.05, 4.69) is 52.3 Å². The minimum atomic E-state index is 0. The Balaban J connectivity index is 0.00000176. The van der Waals surface area contributed by atoms with E-state index in [4.69, 9.17) is 4.98 Å². The summed E-state index contributed by atoms with van der Waals surface area (Å²) in [5, 5.41) is 0. The molecule has 3 rings (SSSR count). The Kier molecular flexibility index (Phi) is 5.69. The van der Waals surface area contributed by atoms with Crippen LogP contribution in [0, 0.1) is 6.92 Å². The van der Waals surface area contributed by atoms with Gasteiger partial charge in [-0.15, -0.1) is 17.0 Å². The summed E-state index contributed by atoms with van der Waals surface area (Å²) in [4.78, 5) is 9.96. The molecule has 1 aromatic heterocycles. The van der Waals surface area contributed by atoms with Gasteiger partial charge in [0, 0.05) is 12.1 Å². The van der Waals surface area contributed by atoms with Crippen LogP contribution in [0.4, 0.5) is 0 Å². The van der Waals surface area contributed by atoms with Crippen LogP contribution in [-0.2, 0) is 0 Å². The van der Waals surface area contributed by atoms with Gasteiger partial charge in [0.05, 0.1) is 5.69 Å². The van der Waals surface area contributed by atoms with Crippen molar-refractivity contribution in [2.24, 2.45) is 4.99 Å². The van der Waals surface area contributed by atoms with E-state index in [1.54, 1.807) is 11.5 Å². The van der Waals surface area contributed by atoms with Crippen LogP contribution in [0.3, 0.4) is 0 Å². The maximum Gasteiger partial charge on any atom is 0.223 e. The van der Waals surface area contributed by atoms with Crippen LogP contribution in [0.2, 0.25) is 0 Å². The second-order valence-corrected chi connectivity index (χ2v) is 5.70. The fourth-order valence-corrected chi connectivity index (χ4v) is 3.11. The minimum absolute atomic E-state index is 0. The van der Waals surface area contributed by atoms with Crippen molar-refractivity contribution in [2.45, 2.75) is 13.8 Å². The molecule has 0 aliphatic carbocycles. The third-order valence-corrected chi connectivity index (χ3v) is 4.08. The van der Waals surface area contributed by atoms with Crippen LogP contribution in [0.25, 0.3) is 17.1 Å². The van der Waals surface area contributed by atoms with Gasteiger partial charge < -0.3 is 0 Å². The Morgan fingerprint density at radius 1 is 1.09 bits per heavy atom. The second kappa shape index (κ2) is 7.51. The average Bonchev–Trinajstić information content (AvgIpc) is 2.93. The van der Waals surface area contributed by atoms with Crippen molar-refractivity contribution in [1.29, 1.82) is 0 Å². The number of halogens is 1. The monoisotopic (exact) mass is 375 g/mol. The molecule has 1 heterocycles. The molecule has 3 aromatic rings. The first-order valence-corrected chi connectivity index (χ1v) is 7.78. The van der Waals surface area contributed by atoms with Crippen LogP contribution in [-0.4, -0.2) is 15.5 Å². The molecule has 2 aromatic carbocycles. The Morgan fingerprint density at radius 2 is 1.86 bits per heavy atom. The molecule has 0 atom stereocenters. The summed E-state index contributed by atoms with van der Waals surface area (Å²) in [6.45, 7) is 4.88. The van der Waals surface area contributed by atoms with Crippen LogP contribution >= 0.6 is 28.5 Å². The quantitative estimate of drug-likeness (QED) is 0.666. The molecule has 0 fully saturated rings. The Hall–Kier alpha value is -1.72. The zero-order valence-electron chi connectivity index (χ0n) is 12.6. The number of rotatable bonds is 3. The maximum absolute atomic E-state index is 4.69. The fourth-order valence-electron chi connectivity index (χ4n) is 2.18.